The number of hydrogen-bond acceptors (Lipinski definition) is 4. The molecular formula is C8H7N3O3. The molecule has 1 fully saturated rings. The Morgan fingerprint density at radius 1 is 1.57 bits per heavy atom. The van der Waals surface area contributed by atoms with E-state index in [1.54, 1.807) is 12.1 Å². The Bertz CT molecular complexity index is 383. The largest absolute Gasteiger partial charge is 0.463 e. The van der Waals surface area contributed by atoms with Crippen LogP contribution < -0.4 is 5.32 Å². The average Bonchev–Trinajstić information content (AvgIpc) is 2.72. The van der Waals surface area contributed by atoms with Crippen LogP contribution in [0.25, 0.3) is 0 Å². The van der Waals surface area contributed by atoms with Gasteiger partial charge >= 0.3 is 6.03 Å². The zero-order valence-corrected chi connectivity index (χ0v) is 7.14. The molecule has 0 radical (unpaired) electrons. The Labute approximate surface area is 79.2 Å². The molecule has 6 heteroatoms. The standard InChI is InChI=1S/C8H7N3O3/c12-7-5-11(8(13)10-7)9-4-6-2-1-3-14-6/h1-4H,5H2,(H,10,12,13)/b9-4-. The fourth-order valence-corrected chi connectivity index (χ4v) is 1.02. The summed E-state index contributed by atoms with van der Waals surface area (Å²) in [6.45, 7) is -0.0456. The van der Waals surface area contributed by atoms with Gasteiger partial charge in [0.05, 0.1) is 12.5 Å². The summed E-state index contributed by atoms with van der Waals surface area (Å²) >= 11 is 0. The van der Waals surface area contributed by atoms with Crippen molar-refractivity contribution < 1.29 is 14.0 Å². The maximum atomic E-state index is 11.0. The number of carbonyl (C=O) groups is 2. The average molecular weight is 193 g/mol. The summed E-state index contributed by atoms with van der Waals surface area (Å²) in [5, 5.41) is 6.91. The van der Waals surface area contributed by atoms with E-state index >= 15 is 0 Å². The summed E-state index contributed by atoms with van der Waals surface area (Å²) in [7, 11) is 0. The lowest BCUT2D eigenvalue weighted by molar-refractivity contribution is -0.118. The van der Waals surface area contributed by atoms with Gasteiger partial charge in [0.2, 0.25) is 5.91 Å². The first kappa shape index (κ1) is 8.49. The number of nitrogens with one attached hydrogen (secondary N) is 1. The van der Waals surface area contributed by atoms with E-state index in [1.807, 2.05) is 0 Å². The Hall–Kier alpha value is -2.11. The van der Waals surface area contributed by atoms with E-state index in [1.165, 1.54) is 12.5 Å². The highest BCUT2D eigenvalue weighted by atomic mass is 16.3. The summed E-state index contributed by atoms with van der Waals surface area (Å²) in [4.78, 5) is 21.7. The van der Waals surface area contributed by atoms with Crippen molar-refractivity contribution in [3.05, 3.63) is 24.2 Å². The van der Waals surface area contributed by atoms with Crippen LogP contribution in [0.4, 0.5) is 4.79 Å². The zero-order valence-electron chi connectivity index (χ0n) is 7.14. The van der Waals surface area contributed by atoms with Crippen molar-refractivity contribution in [1.82, 2.24) is 10.3 Å². The van der Waals surface area contributed by atoms with E-state index in [4.69, 9.17) is 4.42 Å². The molecule has 14 heavy (non-hydrogen) atoms. The van der Waals surface area contributed by atoms with Crippen molar-refractivity contribution in [2.24, 2.45) is 5.10 Å². The number of urea groups is 1. The molecule has 0 unspecified atom stereocenters. The van der Waals surface area contributed by atoms with Gasteiger partial charge in [-0.15, -0.1) is 0 Å². The third-order valence-corrected chi connectivity index (χ3v) is 1.64. The minimum absolute atomic E-state index is 0.0456. The number of hydrogen-bond donors (Lipinski definition) is 1. The van der Waals surface area contributed by atoms with Gasteiger partial charge in [-0.3, -0.25) is 10.1 Å². The molecule has 1 aromatic rings. The van der Waals surface area contributed by atoms with Crippen LogP contribution in [-0.2, 0) is 4.79 Å². The van der Waals surface area contributed by atoms with Crippen LogP contribution in [0.5, 0.6) is 0 Å². The molecule has 0 saturated carbocycles. The lowest BCUT2D eigenvalue weighted by atomic mass is 10.5. The van der Waals surface area contributed by atoms with Gasteiger partial charge in [0.1, 0.15) is 12.3 Å². The Balaban J connectivity index is 2.04. The van der Waals surface area contributed by atoms with Crippen LogP contribution >= 0.6 is 0 Å². The molecular weight excluding hydrogens is 186 g/mol. The second kappa shape index (κ2) is 3.33. The normalized spacial score (nSPS) is 16.7. The van der Waals surface area contributed by atoms with Crippen LogP contribution in [0, 0.1) is 0 Å². The van der Waals surface area contributed by atoms with E-state index in [0.717, 1.165) is 5.01 Å². The number of carbonyl (C=O) groups excluding carboxylic acids is 2. The lowest BCUT2D eigenvalue weighted by Crippen LogP contribution is -2.24. The summed E-state index contributed by atoms with van der Waals surface area (Å²) in [5.41, 5.74) is 0. The fraction of sp³-hybridized carbons (Fsp3) is 0.125. The lowest BCUT2D eigenvalue weighted by Gasteiger charge is -2.02. The van der Waals surface area contributed by atoms with E-state index < -0.39 is 6.03 Å². The molecule has 1 saturated heterocycles. The van der Waals surface area contributed by atoms with Gasteiger partial charge in [-0.2, -0.15) is 5.10 Å². The smallest absolute Gasteiger partial charge is 0.344 e. The van der Waals surface area contributed by atoms with Gasteiger partial charge in [-0.25, -0.2) is 9.80 Å². The van der Waals surface area contributed by atoms with Crippen molar-refractivity contribution in [2.75, 3.05) is 6.54 Å². The third kappa shape index (κ3) is 1.63. The molecule has 0 aromatic carbocycles. The van der Waals surface area contributed by atoms with E-state index in [0.29, 0.717) is 5.76 Å². The second-order valence-corrected chi connectivity index (χ2v) is 2.67. The molecule has 3 amide bonds. The predicted octanol–water partition coefficient (Wildman–Crippen LogP) is 0.165. The van der Waals surface area contributed by atoms with Crippen molar-refractivity contribution in [3.8, 4) is 0 Å². The first-order valence-electron chi connectivity index (χ1n) is 3.94. The molecule has 0 aliphatic carbocycles. The van der Waals surface area contributed by atoms with E-state index in [-0.39, 0.29) is 12.5 Å². The van der Waals surface area contributed by atoms with Crippen LogP contribution in [-0.4, -0.2) is 29.7 Å². The maximum Gasteiger partial charge on any atom is 0.344 e. The molecule has 1 aliphatic rings. The molecule has 0 spiro atoms. The summed E-state index contributed by atoms with van der Waals surface area (Å²) in [6.07, 6.45) is 2.87. The Kier molecular flexibility index (Phi) is 2.02. The molecule has 6 nitrogen and oxygen atoms in total. The quantitative estimate of drug-likeness (QED) is 0.537. The fourth-order valence-electron chi connectivity index (χ4n) is 1.02. The van der Waals surface area contributed by atoms with Crippen LogP contribution in [0.1, 0.15) is 5.76 Å². The maximum absolute atomic E-state index is 11.0. The van der Waals surface area contributed by atoms with Crippen LogP contribution in [0.3, 0.4) is 0 Å². The van der Waals surface area contributed by atoms with Gasteiger partial charge in [-0.1, -0.05) is 0 Å². The predicted molar refractivity (Wildman–Crippen MR) is 46.5 cm³/mol. The van der Waals surface area contributed by atoms with Crippen molar-refractivity contribution in [3.63, 3.8) is 0 Å². The second-order valence-electron chi connectivity index (χ2n) is 2.67. The first-order chi connectivity index (χ1) is 6.75. The highest BCUT2D eigenvalue weighted by Crippen LogP contribution is 2.00. The van der Waals surface area contributed by atoms with Gasteiger partial charge in [0.15, 0.2) is 0 Å². The molecule has 2 rings (SSSR count). The molecule has 72 valence electrons. The number of nitrogens with zero attached hydrogens (tertiary/aromatic N) is 2. The monoisotopic (exact) mass is 193 g/mol. The SMILES string of the molecule is O=C1CN(/N=C\c2ccco2)C(=O)N1. The molecule has 1 N–H and O–H groups in total. The minimum Gasteiger partial charge on any atom is -0.463 e. The summed E-state index contributed by atoms with van der Waals surface area (Å²) in [6, 6.07) is 2.88. The van der Waals surface area contributed by atoms with Gasteiger partial charge in [0, 0.05) is 0 Å². The molecule has 0 bridgehead atoms. The Morgan fingerprint density at radius 3 is 3.00 bits per heavy atom. The summed E-state index contributed by atoms with van der Waals surface area (Å²) in [5.74, 6) is 0.170. The summed E-state index contributed by atoms with van der Waals surface area (Å²) < 4.78 is 4.96. The topological polar surface area (TPSA) is 74.9 Å². The van der Waals surface area contributed by atoms with E-state index in [2.05, 4.69) is 10.4 Å². The number of hydrazone groups is 1. The molecule has 1 aromatic heterocycles. The van der Waals surface area contributed by atoms with Gasteiger partial charge in [-0.05, 0) is 12.1 Å². The minimum atomic E-state index is -0.516. The number of imide groups is 1. The first-order valence-corrected chi connectivity index (χ1v) is 3.94. The number of amides is 3. The van der Waals surface area contributed by atoms with Gasteiger partial charge in [0.25, 0.3) is 0 Å². The van der Waals surface area contributed by atoms with Gasteiger partial charge < -0.3 is 4.42 Å². The van der Waals surface area contributed by atoms with Crippen molar-refractivity contribution >= 4 is 18.2 Å². The number of furan rings is 1. The van der Waals surface area contributed by atoms with Crippen molar-refractivity contribution in [2.45, 2.75) is 0 Å². The van der Waals surface area contributed by atoms with Crippen LogP contribution in [0.15, 0.2) is 27.9 Å². The highest BCUT2D eigenvalue weighted by molar-refractivity contribution is 6.02. The highest BCUT2D eigenvalue weighted by Gasteiger charge is 2.25. The molecule has 0 atom stereocenters. The third-order valence-electron chi connectivity index (χ3n) is 1.64. The van der Waals surface area contributed by atoms with E-state index in [9.17, 15) is 9.59 Å². The zero-order chi connectivity index (χ0) is 9.97. The Morgan fingerprint density at radius 2 is 2.43 bits per heavy atom. The van der Waals surface area contributed by atoms with Crippen LogP contribution in [0.2, 0.25) is 0 Å². The molecule has 1 aliphatic heterocycles. The number of rotatable bonds is 2. The van der Waals surface area contributed by atoms with Crippen molar-refractivity contribution in [1.29, 1.82) is 0 Å². The molecule has 2 heterocycles.